The lowest BCUT2D eigenvalue weighted by molar-refractivity contribution is 0.580. The molecule has 0 aromatic heterocycles. The predicted octanol–water partition coefficient (Wildman–Crippen LogP) is 3.38. The van der Waals surface area contributed by atoms with Crippen LogP contribution in [0.1, 0.15) is 0 Å². The Bertz CT molecular complexity index is 235. The van der Waals surface area contributed by atoms with Gasteiger partial charge in [0.15, 0.2) is 5.82 Å². The molecular weight excluding hydrogens is 225 g/mol. The second-order valence-corrected chi connectivity index (χ2v) is 2.89. The molecule has 54 valence electrons. The second-order valence-electron chi connectivity index (χ2n) is 1.66. The van der Waals surface area contributed by atoms with Crippen molar-refractivity contribution in [1.29, 1.82) is 0 Å². The van der Waals surface area contributed by atoms with Gasteiger partial charge in [0.05, 0.1) is 4.47 Å². The lowest BCUT2D eigenvalue weighted by Gasteiger charge is -1.96. The highest BCUT2D eigenvalue weighted by atomic mass is 79.9. The molecule has 0 aliphatic rings. The first-order chi connectivity index (χ1) is 4.63. The summed E-state index contributed by atoms with van der Waals surface area (Å²) in [6, 6.07) is 2.35. The first kappa shape index (κ1) is 7.95. The zero-order valence-electron chi connectivity index (χ0n) is 4.67. The summed E-state index contributed by atoms with van der Waals surface area (Å²) < 4.78 is 25.1. The van der Waals surface area contributed by atoms with Crippen molar-refractivity contribution >= 4 is 27.5 Å². The molecular formula is C6H2BrClF2. The van der Waals surface area contributed by atoms with Crippen molar-refractivity contribution in [2.24, 2.45) is 0 Å². The van der Waals surface area contributed by atoms with E-state index in [1.807, 2.05) is 0 Å². The highest BCUT2D eigenvalue weighted by molar-refractivity contribution is 9.10. The van der Waals surface area contributed by atoms with E-state index in [0.717, 1.165) is 6.07 Å². The van der Waals surface area contributed by atoms with Crippen LogP contribution in [-0.4, -0.2) is 0 Å². The summed E-state index contributed by atoms with van der Waals surface area (Å²) >= 11 is 8.06. The molecule has 0 unspecified atom stereocenters. The van der Waals surface area contributed by atoms with Gasteiger partial charge in [0.25, 0.3) is 0 Å². The Morgan fingerprint density at radius 3 is 2.40 bits per heavy atom. The van der Waals surface area contributed by atoms with Crippen LogP contribution in [-0.2, 0) is 0 Å². The van der Waals surface area contributed by atoms with E-state index in [1.54, 1.807) is 0 Å². The van der Waals surface area contributed by atoms with Crippen molar-refractivity contribution in [3.8, 4) is 0 Å². The molecule has 0 aliphatic carbocycles. The van der Waals surface area contributed by atoms with Gasteiger partial charge in [-0.25, -0.2) is 8.78 Å². The molecule has 10 heavy (non-hydrogen) atoms. The van der Waals surface area contributed by atoms with E-state index in [1.165, 1.54) is 6.07 Å². The van der Waals surface area contributed by atoms with Gasteiger partial charge in [-0.2, -0.15) is 0 Å². The summed E-state index contributed by atoms with van der Waals surface area (Å²) in [4.78, 5) is 0. The zero-order chi connectivity index (χ0) is 7.72. The van der Waals surface area contributed by atoms with Crippen molar-refractivity contribution in [2.75, 3.05) is 0 Å². The molecule has 0 radical (unpaired) electrons. The minimum Gasteiger partial charge on any atom is -0.205 e. The van der Waals surface area contributed by atoms with Gasteiger partial charge < -0.3 is 0 Å². The standard InChI is InChI=1S/C6H2BrClF2/c7-3-1-2-4(9)5(8)6(3)10/h1-2H. The number of halogens is 4. The average molecular weight is 227 g/mol. The third-order valence-corrected chi connectivity index (χ3v) is 1.95. The molecule has 0 fully saturated rings. The van der Waals surface area contributed by atoms with Gasteiger partial charge >= 0.3 is 0 Å². The molecule has 0 N–H and O–H groups in total. The topological polar surface area (TPSA) is 0 Å². The fourth-order valence-electron chi connectivity index (χ4n) is 0.502. The van der Waals surface area contributed by atoms with Crippen LogP contribution in [0.15, 0.2) is 16.6 Å². The molecule has 4 heteroatoms. The SMILES string of the molecule is Fc1ccc(Br)c(F)c1Cl. The maximum atomic E-state index is 12.6. The van der Waals surface area contributed by atoms with Gasteiger partial charge in [-0.15, -0.1) is 0 Å². The van der Waals surface area contributed by atoms with Crippen LogP contribution in [0, 0.1) is 11.6 Å². The summed E-state index contributed by atoms with van der Waals surface area (Å²) in [6.45, 7) is 0. The van der Waals surface area contributed by atoms with Crippen LogP contribution in [0.25, 0.3) is 0 Å². The van der Waals surface area contributed by atoms with Gasteiger partial charge in [-0.1, -0.05) is 11.6 Å². The molecule has 1 rings (SSSR count). The monoisotopic (exact) mass is 226 g/mol. The fraction of sp³-hybridized carbons (Fsp3) is 0. The first-order valence-electron chi connectivity index (χ1n) is 2.42. The minimum atomic E-state index is -0.762. The predicted molar refractivity (Wildman–Crippen MR) is 39.1 cm³/mol. The fourth-order valence-corrected chi connectivity index (χ4v) is 1.11. The van der Waals surface area contributed by atoms with Gasteiger partial charge in [0.1, 0.15) is 10.8 Å². The largest absolute Gasteiger partial charge is 0.205 e. The number of hydrogen-bond acceptors (Lipinski definition) is 0. The number of hydrogen-bond donors (Lipinski definition) is 0. The normalized spacial score (nSPS) is 10.0. The van der Waals surface area contributed by atoms with Crippen molar-refractivity contribution < 1.29 is 8.78 Å². The Kier molecular flexibility index (Phi) is 2.26. The van der Waals surface area contributed by atoms with Gasteiger partial charge in [0, 0.05) is 0 Å². The first-order valence-corrected chi connectivity index (χ1v) is 3.59. The maximum Gasteiger partial charge on any atom is 0.158 e. The Hall–Kier alpha value is -0.150. The van der Waals surface area contributed by atoms with E-state index in [2.05, 4.69) is 15.9 Å². The van der Waals surface area contributed by atoms with Crippen molar-refractivity contribution in [2.45, 2.75) is 0 Å². The van der Waals surface area contributed by atoms with Crippen LogP contribution in [0.4, 0.5) is 8.78 Å². The zero-order valence-corrected chi connectivity index (χ0v) is 7.01. The van der Waals surface area contributed by atoms with Gasteiger partial charge in [0.2, 0.25) is 0 Å². The highest BCUT2D eigenvalue weighted by Gasteiger charge is 2.08. The molecule has 0 amide bonds. The average Bonchev–Trinajstić information content (AvgIpc) is 1.93. The summed E-state index contributed by atoms with van der Waals surface area (Å²) in [5.74, 6) is -1.51. The molecule has 0 aliphatic heterocycles. The molecule has 0 spiro atoms. The van der Waals surface area contributed by atoms with Crippen molar-refractivity contribution in [3.05, 3.63) is 33.3 Å². The van der Waals surface area contributed by atoms with Crippen LogP contribution in [0.5, 0.6) is 0 Å². The van der Waals surface area contributed by atoms with E-state index >= 15 is 0 Å². The smallest absolute Gasteiger partial charge is 0.158 e. The van der Waals surface area contributed by atoms with E-state index in [4.69, 9.17) is 11.6 Å². The molecule has 0 nitrogen and oxygen atoms in total. The number of benzene rings is 1. The highest BCUT2D eigenvalue weighted by Crippen LogP contribution is 2.25. The summed E-state index contributed by atoms with van der Waals surface area (Å²) in [5, 5.41) is -0.477. The quantitative estimate of drug-likeness (QED) is 0.471. The Morgan fingerprint density at radius 2 is 1.90 bits per heavy atom. The van der Waals surface area contributed by atoms with Crippen LogP contribution in [0.2, 0.25) is 5.02 Å². The third-order valence-electron chi connectivity index (χ3n) is 0.988. The summed E-state index contributed by atoms with van der Waals surface area (Å²) in [5.41, 5.74) is 0. The van der Waals surface area contributed by atoms with Gasteiger partial charge in [-0.3, -0.25) is 0 Å². The molecule has 0 bridgehead atoms. The Morgan fingerprint density at radius 1 is 1.30 bits per heavy atom. The minimum absolute atomic E-state index is 0.166. The lowest BCUT2D eigenvalue weighted by Crippen LogP contribution is -1.83. The van der Waals surface area contributed by atoms with Crippen LogP contribution in [0.3, 0.4) is 0 Å². The van der Waals surface area contributed by atoms with Gasteiger partial charge in [-0.05, 0) is 28.1 Å². The van der Waals surface area contributed by atoms with Crippen LogP contribution >= 0.6 is 27.5 Å². The van der Waals surface area contributed by atoms with Crippen LogP contribution < -0.4 is 0 Å². The van der Waals surface area contributed by atoms with Crippen molar-refractivity contribution in [1.82, 2.24) is 0 Å². The molecule has 0 saturated heterocycles. The Labute approximate surface area is 69.9 Å². The van der Waals surface area contributed by atoms with E-state index < -0.39 is 16.7 Å². The molecule has 0 heterocycles. The van der Waals surface area contributed by atoms with E-state index in [0.29, 0.717) is 0 Å². The number of rotatable bonds is 0. The molecule has 1 aromatic rings. The lowest BCUT2D eigenvalue weighted by atomic mass is 10.3. The van der Waals surface area contributed by atoms with E-state index in [9.17, 15) is 8.78 Å². The van der Waals surface area contributed by atoms with E-state index in [-0.39, 0.29) is 4.47 Å². The summed E-state index contributed by atoms with van der Waals surface area (Å²) in [6.07, 6.45) is 0. The second kappa shape index (κ2) is 2.84. The molecule has 1 aromatic carbocycles. The van der Waals surface area contributed by atoms with Crippen molar-refractivity contribution in [3.63, 3.8) is 0 Å². The third kappa shape index (κ3) is 1.30. The molecule has 0 atom stereocenters. The Balaban J connectivity index is 3.34. The molecule has 0 saturated carbocycles. The maximum absolute atomic E-state index is 12.6. The summed E-state index contributed by atoms with van der Waals surface area (Å²) in [7, 11) is 0.